The summed E-state index contributed by atoms with van der Waals surface area (Å²) in [7, 11) is 0. The van der Waals surface area contributed by atoms with E-state index in [2.05, 4.69) is 10.00 Å². The van der Waals surface area contributed by atoms with Gasteiger partial charge in [-0.1, -0.05) is 6.42 Å². The number of nitrogens with two attached hydrogens (primary N) is 1. The molecule has 0 radical (unpaired) electrons. The molecule has 1 aliphatic heterocycles. The van der Waals surface area contributed by atoms with Crippen LogP contribution in [0.5, 0.6) is 0 Å². The summed E-state index contributed by atoms with van der Waals surface area (Å²) in [6.45, 7) is 9.62. The van der Waals surface area contributed by atoms with E-state index in [0.29, 0.717) is 18.6 Å². The first kappa shape index (κ1) is 20.2. The van der Waals surface area contributed by atoms with Gasteiger partial charge in [-0.3, -0.25) is 14.4 Å². The Labute approximate surface area is 156 Å². The molecule has 3 unspecified atom stereocenters. The molecule has 0 bridgehead atoms. The van der Waals surface area contributed by atoms with E-state index in [-0.39, 0.29) is 24.9 Å². The number of hydrogen-bond donors (Lipinski definition) is 1. The first-order chi connectivity index (χ1) is 11.5. The number of likely N-dealkylation sites (tertiary alicyclic amines) is 1. The maximum absolute atomic E-state index is 11.7. The zero-order valence-corrected chi connectivity index (χ0v) is 16.3. The largest absolute Gasteiger partial charge is 0.465 e. The third-order valence-electron chi connectivity index (χ3n) is 5.73. The highest BCUT2D eigenvalue weighted by molar-refractivity contribution is 5.85. The Morgan fingerprint density at radius 3 is 2.76 bits per heavy atom. The Morgan fingerprint density at radius 2 is 2.08 bits per heavy atom. The van der Waals surface area contributed by atoms with Gasteiger partial charge in [-0.05, 0) is 45.4 Å². The number of hydrogen-bond acceptors (Lipinski definition) is 5. The van der Waals surface area contributed by atoms with Crippen LogP contribution in [0.2, 0.25) is 0 Å². The van der Waals surface area contributed by atoms with Crippen molar-refractivity contribution in [1.29, 1.82) is 0 Å². The molecule has 1 aliphatic carbocycles. The number of halogens is 1. The summed E-state index contributed by atoms with van der Waals surface area (Å²) in [5.41, 5.74) is 9.65. The third-order valence-corrected chi connectivity index (χ3v) is 5.73. The molecule has 1 aromatic rings. The summed E-state index contributed by atoms with van der Waals surface area (Å²) in [5.74, 6) is 1.17. The van der Waals surface area contributed by atoms with Gasteiger partial charge in [-0.15, -0.1) is 12.4 Å². The molecule has 3 rings (SSSR count). The van der Waals surface area contributed by atoms with Crippen LogP contribution in [0.4, 0.5) is 0 Å². The van der Waals surface area contributed by atoms with Crippen molar-refractivity contribution >= 4 is 18.4 Å². The summed E-state index contributed by atoms with van der Waals surface area (Å²) in [5, 5.41) is 4.54. The number of aromatic nitrogens is 2. The van der Waals surface area contributed by atoms with Gasteiger partial charge < -0.3 is 10.5 Å². The van der Waals surface area contributed by atoms with Gasteiger partial charge >= 0.3 is 5.97 Å². The van der Waals surface area contributed by atoms with E-state index in [1.54, 1.807) is 4.68 Å². The Kier molecular flexibility index (Phi) is 6.88. The van der Waals surface area contributed by atoms with Crippen molar-refractivity contribution in [2.24, 2.45) is 17.6 Å². The second-order valence-electron chi connectivity index (χ2n) is 7.32. The Hall–Kier alpha value is -1.11. The Morgan fingerprint density at radius 1 is 1.32 bits per heavy atom. The number of esters is 1. The average Bonchev–Trinajstić information content (AvgIpc) is 3.05. The number of rotatable bonds is 5. The van der Waals surface area contributed by atoms with Crippen LogP contribution in [0.25, 0.3) is 0 Å². The fraction of sp³-hybridized carbons (Fsp3) is 0.778. The van der Waals surface area contributed by atoms with Gasteiger partial charge in [-0.25, -0.2) is 0 Å². The van der Waals surface area contributed by atoms with Crippen LogP contribution in [0, 0.1) is 25.7 Å². The van der Waals surface area contributed by atoms with Crippen molar-refractivity contribution in [3.63, 3.8) is 0 Å². The molecule has 1 aromatic heterocycles. The molecule has 142 valence electrons. The number of ether oxygens (including phenoxy) is 1. The minimum absolute atomic E-state index is 0. The van der Waals surface area contributed by atoms with Crippen molar-refractivity contribution in [3.8, 4) is 0 Å². The van der Waals surface area contributed by atoms with Gasteiger partial charge in [0.1, 0.15) is 6.54 Å². The summed E-state index contributed by atoms with van der Waals surface area (Å²) >= 11 is 0. The minimum atomic E-state index is -0.229. The smallest absolute Gasteiger partial charge is 0.327 e. The van der Waals surface area contributed by atoms with E-state index < -0.39 is 0 Å². The second-order valence-corrected chi connectivity index (χ2v) is 7.32. The number of carbonyl (C=O) groups excluding carboxylic acids is 1. The number of aryl methyl sites for hydroxylation is 1. The molecule has 2 heterocycles. The van der Waals surface area contributed by atoms with E-state index in [1.807, 2.05) is 20.8 Å². The zero-order chi connectivity index (χ0) is 17.3. The van der Waals surface area contributed by atoms with Crippen molar-refractivity contribution in [2.45, 2.75) is 59.2 Å². The zero-order valence-electron chi connectivity index (χ0n) is 15.5. The molecule has 1 saturated carbocycles. The van der Waals surface area contributed by atoms with Gasteiger partial charge in [0, 0.05) is 36.9 Å². The van der Waals surface area contributed by atoms with Crippen molar-refractivity contribution in [3.05, 3.63) is 17.0 Å². The normalized spacial score (nSPS) is 26.2. The number of fused-ring (bicyclic) bond motifs is 1. The van der Waals surface area contributed by atoms with E-state index in [9.17, 15) is 4.79 Å². The average molecular weight is 371 g/mol. The van der Waals surface area contributed by atoms with Crippen LogP contribution >= 0.6 is 12.4 Å². The van der Waals surface area contributed by atoms with Crippen molar-refractivity contribution < 1.29 is 9.53 Å². The molecule has 0 aromatic carbocycles. The lowest BCUT2D eigenvalue weighted by Gasteiger charge is -2.29. The monoisotopic (exact) mass is 370 g/mol. The summed E-state index contributed by atoms with van der Waals surface area (Å²) in [6.07, 6.45) is 3.76. The maximum atomic E-state index is 11.7. The van der Waals surface area contributed by atoms with E-state index in [0.717, 1.165) is 36.9 Å². The first-order valence-corrected chi connectivity index (χ1v) is 9.16. The third kappa shape index (κ3) is 4.36. The molecule has 7 heteroatoms. The van der Waals surface area contributed by atoms with Crippen LogP contribution < -0.4 is 5.73 Å². The van der Waals surface area contributed by atoms with Crippen LogP contribution in [0.1, 0.15) is 43.1 Å². The van der Waals surface area contributed by atoms with E-state index in [1.165, 1.54) is 24.8 Å². The molecule has 2 aliphatic rings. The first-order valence-electron chi connectivity index (χ1n) is 9.16. The molecule has 3 atom stereocenters. The van der Waals surface area contributed by atoms with Crippen molar-refractivity contribution in [1.82, 2.24) is 14.7 Å². The molecule has 0 amide bonds. The second kappa shape index (κ2) is 8.52. The highest BCUT2D eigenvalue weighted by Gasteiger charge is 2.38. The van der Waals surface area contributed by atoms with Crippen LogP contribution in [0.3, 0.4) is 0 Å². The molecule has 1 saturated heterocycles. The molecule has 2 N–H and O–H groups in total. The predicted molar refractivity (Wildman–Crippen MR) is 99.7 cm³/mol. The van der Waals surface area contributed by atoms with Gasteiger partial charge in [0.05, 0.1) is 12.3 Å². The molecular formula is C18H31ClN4O2. The molecule has 0 spiro atoms. The van der Waals surface area contributed by atoms with Gasteiger partial charge in [0.25, 0.3) is 0 Å². The lowest BCUT2D eigenvalue weighted by atomic mass is 9.78. The lowest BCUT2D eigenvalue weighted by molar-refractivity contribution is -0.144. The van der Waals surface area contributed by atoms with Gasteiger partial charge in [-0.2, -0.15) is 5.10 Å². The van der Waals surface area contributed by atoms with Crippen LogP contribution in [0.15, 0.2) is 0 Å². The van der Waals surface area contributed by atoms with E-state index >= 15 is 0 Å². The molecule has 6 nitrogen and oxygen atoms in total. The summed E-state index contributed by atoms with van der Waals surface area (Å²) in [4.78, 5) is 14.2. The fourth-order valence-corrected chi connectivity index (χ4v) is 4.41. The quantitative estimate of drug-likeness (QED) is 0.803. The number of carbonyl (C=O) groups is 1. The maximum Gasteiger partial charge on any atom is 0.327 e. The highest BCUT2D eigenvalue weighted by atomic mass is 35.5. The number of nitrogens with zero attached hydrogens (tertiary/aromatic N) is 3. The standard InChI is InChI=1S/C18H30N4O2.ClH/c1-4-24-18(23)11-22-13(3)15(12(2)20-22)9-21-8-14-6-5-7-17(19)16(14)10-21;/h14,16-17H,4-11,19H2,1-3H3;1H. The summed E-state index contributed by atoms with van der Waals surface area (Å²) < 4.78 is 6.81. The molecular weight excluding hydrogens is 340 g/mol. The van der Waals surface area contributed by atoms with Crippen LogP contribution in [-0.2, 0) is 22.6 Å². The van der Waals surface area contributed by atoms with Crippen molar-refractivity contribution in [2.75, 3.05) is 19.7 Å². The highest BCUT2D eigenvalue weighted by Crippen LogP contribution is 2.36. The van der Waals surface area contributed by atoms with Crippen LogP contribution in [-0.4, -0.2) is 46.4 Å². The topological polar surface area (TPSA) is 73.4 Å². The molecule has 2 fully saturated rings. The SMILES string of the molecule is CCOC(=O)Cn1nc(C)c(CN2CC3CCCC(N)C3C2)c1C.Cl. The summed E-state index contributed by atoms with van der Waals surface area (Å²) in [6, 6.07) is 0.363. The lowest BCUT2D eigenvalue weighted by Crippen LogP contribution is -2.38. The minimum Gasteiger partial charge on any atom is -0.465 e. The Balaban J connectivity index is 0.00000225. The Bertz CT molecular complexity index is 604. The van der Waals surface area contributed by atoms with Gasteiger partial charge in [0.2, 0.25) is 0 Å². The van der Waals surface area contributed by atoms with Gasteiger partial charge in [0.15, 0.2) is 0 Å². The fourth-order valence-electron chi connectivity index (χ4n) is 4.41. The molecule has 25 heavy (non-hydrogen) atoms. The predicted octanol–water partition coefficient (Wildman–Crippen LogP) is 2.04. The van der Waals surface area contributed by atoms with E-state index in [4.69, 9.17) is 10.5 Å².